The molecular weight excluding hydrogens is 510 g/mol. The average molecular weight is 542 g/mol. The Kier molecular flexibility index (Phi) is 9.77. The zero-order chi connectivity index (χ0) is 28.1. The van der Waals surface area contributed by atoms with Gasteiger partial charge in [0, 0.05) is 36.2 Å². The van der Waals surface area contributed by atoms with Crippen molar-refractivity contribution in [1.29, 1.82) is 0 Å². The Hall–Kier alpha value is -3.07. The van der Waals surface area contributed by atoms with Gasteiger partial charge in [-0.05, 0) is 70.5 Å². The molecule has 0 saturated heterocycles. The predicted octanol–water partition coefficient (Wildman–Crippen LogP) is 8.23. The maximum Gasteiger partial charge on any atom is 0.419 e. The molecule has 202 valence electrons. The lowest BCUT2D eigenvalue weighted by Gasteiger charge is -2.30. The van der Waals surface area contributed by atoms with Crippen LogP contribution in [0.4, 0.5) is 28.0 Å². The van der Waals surface area contributed by atoms with E-state index in [2.05, 4.69) is 11.6 Å². The Labute approximate surface area is 220 Å². The summed E-state index contributed by atoms with van der Waals surface area (Å²) in [5.74, 6) is -1.46. The van der Waals surface area contributed by atoms with Gasteiger partial charge < -0.3 is 9.64 Å². The lowest BCUT2D eigenvalue weighted by molar-refractivity contribution is -0.139. The Morgan fingerprint density at radius 3 is 2.38 bits per heavy atom. The minimum absolute atomic E-state index is 0.0120. The number of halogens is 5. The van der Waals surface area contributed by atoms with Gasteiger partial charge in [-0.15, -0.1) is 0 Å². The van der Waals surface area contributed by atoms with E-state index in [0.29, 0.717) is 35.6 Å². The second kappa shape index (κ2) is 12.0. The number of hydrogen-bond donors (Lipinski definition) is 0. The summed E-state index contributed by atoms with van der Waals surface area (Å²) in [5.41, 5.74) is -0.758. The van der Waals surface area contributed by atoms with Gasteiger partial charge in [-0.3, -0.25) is 0 Å². The van der Waals surface area contributed by atoms with Crippen LogP contribution in [0.2, 0.25) is 5.15 Å². The number of unbranched alkanes of at least 4 members (excludes halogenated alkanes) is 1. The molecule has 0 radical (unpaired) electrons. The third kappa shape index (κ3) is 8.49. The third-order valence-electron chi connectivity index (χ3n) is 5.16. The Morgan fingerprint density at radius 1 is 1.19 bits per heavy atom. The topological polar surface area (TPSA) is 45.7 Å². The van der Waals surface area contributed by atoms with Gasteiger partial charge in [0.1, 0.15) is 16.6 Å². The summed E-state index contributed by atoms with van der Waals surface area (Å²) in [4.78, 5) is 20.2. The van der Waals surface area contributed by atoms with Gasteiger partial charge in [-0.25, -0.2) is 19.1 Å². The quantitative estimate of drug-likeness (QED) is 0.192. The normalized spacial score (nSPS) is 12.4. The number of pyridine rings is 1. The van der Waals surface area contributed by atoms with Crippen LogP contribution in [0.3, 0.4) is 0 Å². The first-order valence-electron chi connectivity index (χ1n) is 11.7. The molecule has 1 amide bonds. The lowest BCUT2D eigenvalue weighted by atomic mass is 10.1. The molecule has 2 rings (SSSR count). The highest BCUT2D eigenvalue weighted by Gasteiger charge is 2.36. The first-order valence-corrected chi connectivity index (χ1v) is 12.1. The first kappa shape index (κ1) is 30.2. The van der Waals surface area contributed by atoms with E-state index in [9.17, 15) is 22.4 Å². The van der Waals surface area contributed by atoms with Crippen LogP contribution in [0.25, 0.3) is 5.70 Å². The van der Waals surface area contributed by atoms with Crippen LogP contribution >= 0.6 is 11.6 Å². The number of aryl methyl sites for hydroxylation is 1. The molecule has 10 heteroatoms. The molecule has 0 N–H and O–H groups in total. The van der Waals surface area contributed by atoms with Crippen molar-refractivity contribution in [3.63, 3.8) is 0 Å². The van der Waals surface area contributed by atoms with E-state index < -0.39 is 29.3 Å². The number of benzene rings is 1. The van der Waals surface area contributed by atoms with Crippen molar-refractivity contribution < 1.29 is 27.1 Å². The molecule has 5 nitrogen and oxygen atoms in total. The van der Waals surface area contributed by atoms with Crippen molar-refractivity contribution in [2.45, 2.75) is 59.2 Å². The highest BCUT2D eigenvalue weighted by Crippen LogP contribution is 2.35. The summed E-state index contributed by atoms with van der Waals surface area (Å²) >= 11 is 6.19. The molecule has 1 aromatic carbocycles. The van der Waals surface area contributed by atoms with Crippen LogP contribution in [0.15, 0.2) is 48.7 Å². The molecule has 0 aliphatic heterocycles. The fourth-order valence-electron chi connectivity index (χ4n) is 3.49. The lowest BCUT2D eigenvalue weighted by Crippen LogP contribution is -2.36. The maximum absolute atomic E-state index is 14.0. The number of carbonyl (C=O) groups is 1. The van der Waals surface area contributed by atoms with Gasteiger partial charge in [0.05, 0.1) is 11.3 Å². The van der Waals surface area contributed by atoms with E-state index in [1.807, 2.05) is 18.9 Å². The SMILES string of the molecule is C=C(/C=C(/c1cc(C)nc(Cl)c1)N(C)CCCC)N(C(=O)OC(C)(C)C)c1ccc(F)c(C(F)(F)F)c1. The van der Waals surface area contributed by atoms with Crippen LogP contribution in [0.1, 0.15) is 57.4 Å². The summed E-state index contributed by atoms with van der Waals surface area (Å²) in [7, 11) is 1.84. The number of rotatable bonds is 8. The van der Waals surface area contributed by atoms with Crippen LogP contribution in [-0.4, -0.2) is 35.2 Å². The third-order valence-corrected chi connectivity index (χ3v) is 5.35. The molecule has 0 aliphatic rings. The van der Waals surface area contributed by atoms with Gasteiger partial charge in [-0.1, -0.05) is 31.5 Å². The number of anilines is 1. The molecule has 1 aromatic heterocycles. The van der Waals surface area contributed by atoms with Crippen molar-refractivity contribution >= 4 is 29.1 Å². The number of nitrogens with zero attached hydrogens (tertiary/aromatic N) is 3. The number of carbonyl (C=O) groups excluding carboxylic acids is 1. The summed E-state index contributed by atoms with van der Waals surface area (Å²) < 4.78 is 59.9. The van der Waals surface area contributed by atoms with Crippen LogP contribution in [-0.2, 0) is 10.9 Å². The second-order valence-corrected chi connectivity index (χ2v) is 9.98. The first-order chi connectivity index (χ1) is 17.0. The van der Waals surface area contributed by atoms with E-state index in [4.69, 9.17) is 16.3 Å². The molecule has 0 fully saturated rings. The highest BCUT2D eigenvalue weighted by atomic mass is 35.5. The van der Waals surface area contributed by atoms with Crippen LogP contribution < -0.4 is 4.90 Å². The standard InChI is InChI=1S/C27H32ClF4N3O2/c1-8-9-12-34(7)23(19-13-17(2)33-24(28)15-19)14-18(3)35(25(36)37-26(4,5)6)20-10-11-22(29)21(16-20)27(30,31)32/h10-11,13-16H,3,8-9,12H2,1-2,4-7H3/b23-14-. The fourth-order valence-corrected chi connectivity index (χ4v) is 3.74. The molecule has 0 atom stereocenters. The highest BCUT2D eigenvalue weighted by molar-refractivity contribution is 6.29. The second-order valence-electron chi connectivity index (χ2n) is 9.59. The van der Waals surface area contributed by atoms with Crippen molar-refractivity contribution in [3.8, 4) is 0 Å². The minimum Gasteiger partial charge on any atom is -0.443 e. The largest absolute Gasteiger partial charge is 0.443 e. The van der Waals surface area contributed by atoms with E-state index >= 15 is 0 Å². The molecular formula is C27H32ClF4N3O2. The summed E-state index contributed by atoms with van der Waals surface area (Å²) in [5, 5.41) is 0.257. The number of amides is 1. The Balaban J connectivity index is 2.70. The number of ether oxygens (including phenoxy) is 1. The molecule has 0 spiro atoms. The van der Waals surface area contributed by atoms with E-state index in [0.717, 1.165) is 23.8 Å². The van der Waals surface area contributed by atoms with Crippen LogP contribution in [0, 0.1) is 12.7 Å². The van der Waals surface area contributed by atoms with Crippen molar-refractivity contribution in [1.82, 2.24) is 9.88 Å². The van der Waals surface area contributed by atoms with E-state index in [1.165, 1.54) is 0 Å². The molecule has 0 bridgehead atoms. The maximum atomic E-state index is 14.0. The number of hydrogen-bond acceptors (Lipinski definition) is 4. The predicted molar refractivity (Wildman–Crippen MR) is 139 cm³/mol. The van der Waals surface area contributed by atoms with Crippen molar-refractivity contribution in [2.75, 3.05) is 18.5 Å². The Bertz CT molecular complexity index is 1150. The van der Waals surface area contributed by atoms with Crippen molar-refractivity contribution in [2.24, 2.45) is 0 Å². The summed E-state index contributed by atoms with van der Waals surface area (Å²) in [6.07, 6.45) is -2.59. The zero-order valence-electron chi connectivity index (χ0n) is 21.8. The van der Waals surface area contributed by atoms with Gasteiger partial charge >= 0.3 is 12.3 Å². The van der Waals surface area contributed by atoms with Crippen LogP contribution in [0.5, 0.6) is 0 Å². The number of allylic oxidation sites excluding steroid dienone is 1. The number of aromatic nitrogens is 1. The van der Waals surface area contributed by atoms with Gasteiger partial charge in [-0.2, -0.15) is 13.2 Å². The molecule has 0 aliphatic carbocycles. The monoisotopic (exact) mass is 541 g/mol. The number of alkyl halides is 3. The molecule has 2 aromatic rings. The Morgan fingerprint density at radius 2 is 1.84 bits per heavy atom. The van der Waals surface area contributed by atoms with Gasteiger partial charge in [0.25, 0.3) is 0 Å². The van der Waals surface area contributed by atoms with E-state index in [-0.39, 0.29) is 16.5 Å². The van der Waals surface area contributed by atoms with Gasteiger partial charge in [0.2, 0.25) is 0 Å². The van der Waals surface area contributed by atoms with Gasteiger partial charge in [0.15, 0.2) is 0 Å². The molecule has 0 unspecified atom stereocenters. The van der Waals surface area contributed by atoms with E-state index in [1.54, 1.807) is 45.9 Å². The summed E-state index contributed by atoms with van der Waals surface area (Å²) in [6.45, 7) is 13.3. The molecule has 37 heavy (non-hydrogen) atoms. The smallest absolute Gasteiger partial charge is 0.419 e. The van der Waals surface area contributed by atoms with Crippen molar-refractivity contribution in [3.05, 3.63) is 76.5 Å². The fraction of sp³-hybridized carbons (Fsp3) is 0.407. The zero-order valence-corrected chi connectivity index (χ0v) is 22.6. The molecule has 0 saturated carbocycles. The minimum atomic E-state index is -4.96. The average Bonchev–Trinajstić information content (AvgIpc) is 2.74. The summed E-state index contributed by atoms with van der Waals surface area (Å²) in [6, 6.07) is 5.74. The molecule has 1 heterocycles.